The highest BCUT2D eigenvalue weighted by atomic mass is 31.1. The van der Waals surface area contributed by atoms with Gasteiger partial charge in [-0.05, 0) is 35.4 Å². The quantitative estimate of drug-likeness (QED) is 0.692. The smallest absolute Gasteiger partial charge is 0.275 e. The zero-order chi connectivity index (χ0) is 13.5. The van der Waals surface area contributed by atoms with Gasteiger partial charge in [0.05, 0.1) is 0 Å². The predicted molar refractivity (Wildman–Crippen MR) is 82.6 cm³/mol. The van der Waals surface area contributed by atoms with E-state index < -0.39 is 0 Å². The molecular weight excluding hydrogens is 255 g/mol. The molecule has 0 heterocycles. The first-order chi connectivity index (χ1) is 9.31. The zero-order valence-corrected chi connectivity index (χ0v) is 11.5. The van der Waals surface area contributed by atoms with Gasteiger partial charge in [-0.3, -0.25) is 0 Å². The second-order valence-corrected chi connectivity index (χ2v) is 4.41. The van der Waals surface area contributed by atoms with E-state index in [1.807, 2.05) is 48.5 Å². The molecule has 0 aliphatic rings. The number of rotatable bonds is 6. The van der Waals surface area contributed by atoms with Crippen LogP contribution in [0.1, 0.15) is 11.1 Å². The van der Waals surface area contributed by atoms with E-state index in [0.29, 0.717) is 0 Å². The molecule has 2 rings (SSSR count). The molecule has 2 aromatic rings. The Hall–Kier alpha value is -2.05. The number of hydrogen-bond acceptors (Lipinski definition) is 2. The van der Waals surface area contributed by atoms with E-state index in [1.54, 1.807) is 12.2 Å². The van der Waals surface area contributed by atoms with Gasteiger partial charge < -0.3 is 9.05 Å². The molecule has 0 aliphatic heterocycles. The molecule has 0 saturated heterocycles. The molecule has 0 unspecified atom stereocenters. The molecule has 0 fully saturated rings. The van der Waals surface area contributed by atoms with Crippen LogP contribution in [0.25, 0.3) is 12.2 Å². The van der Waals surface area contributed by atoms with Crippen molar-refractivity contribution in [2.45, 2.75) is 0 Å². The maximum Gasteiger partial charge on any atom is 0.275 e. The average Bonchev–Trinajstić information content (AvgIpc) is 2.49. The minimum absolute atomic E-state index is 0.0697. The van der Waals surface area contributed by atoms with Crippen molar-refractivity contribution < 1.29 is 9.05 Å². The van der Waals surface area contributed by atoms with Crippen LogP contribution in [0, 0.1) is 0 Å². The summed E-state index contributed by atoms with van der Waals surface area (Å²) in [5, 5.41) is 0. The molecule has 0 aromatic heterocycles. The number of benzene rings is 2. The van der Waals surface area contributed by atoms with Crippen molar-refractivity contribution in [3.8, 4) is 11.5 Å². The van der Waals surface area contributed by atoms with Crippen LogP contribution in [0.15, 0.2) is 61.7 Å². The molecule has 0 spiro atoms. The molecule has 0 aliphatic carbocycles. The Morgan fingerprint density at radius 1 is 0.684 bits per heavy atom. The van der Waals surface area contributed by atoms with Gasteiger partial charge in [0, 0.05) is 0 Å². The van der Waals surface area contributed by atoms with Gasteiger partial charge in [-0.1, -0.05) is 49.6 Å². The maximum absolute atomic E-state index is 5.52. The molecule has 0 atom stereocenters. The summed E-state index contributed by atoms with van der Waals surface area (Å²) in [5.74, 6) is 1.57. The van der Waals surface area contributed by atoms with Gasteiger partial charge in [0.2, 0.25) is 0 Å². The van der Waals surface area contributed by atoms with E-state index in [1.165, 1.54) is 0 Å². The minimum Gasteiger partial charge on any atom is -0.441 e. The van der Waals surface area contributed by atoms with Crippen LogP contribution >= 0.6 is 9.03 Å². The fraction of sp³-hybridized carbons (Fsp3) is 0. The molecule has 0 amide bonds. The lowest BCUT2D eigenvalue weighted by molar-refractivity contribution is 0.516. The largest absolute Gasteiger partial charge is 0.441 e. The first kappa shape index (κ1) is 13.4. The molecule has 2 nitrogen and oxygen atoms in total. The van der Waals surface area contributed by atoms with E-state index in [9.17, 15) is 0 Å². The summed E-state index contributed by atoms with van der Waals surface area (Å²) in [6, 6.07) is 15.4. The van der Waals surface area contributed by atoms with E-state index in [2.05, 4.69) is 13.2 Å². The first-order valence-electron chi connectivity index (χ1n) is 5.85. The average molecular weight is 270 g/mol. The van der Waals surface area contributed by atoms with Gasteiger partial charge in [-0.25, -0.2) is 0 Å². The lowest BCUT2D eigenvalue weighted by atomic mass is 10.2. The molecule has 19 heavy (non-hydrogen) atoms. The third kappa shape index (κ3) is 3.97. The second kappa shape index (κ2) is 6.77. The van der Waals surface area contributed by atoms with Gasteiger partial charge in [-0.15, -0.1) is 0 Å². The Bertz CT molecular complexity index is 492. The van der Waals surface area contributed by atoms with E-state index >= 15 is 0 Å². The Balaban J connectivity index is 1.84. The molecule has 0 N–H and O–H groups in total. The maximum atomic E-state index is 5.52. The summed E-state index contributed by atoms with van der Waals surface area (Å²) in [4.78, 5) is 0. The van der Waals surface area contributed by atoms with Crippen LogP contribution < -0.4 is 9.05 Å². The van der Waals surface area contributed by atoms with E-state index in [-0.39, 0.29) is 9.03 Å². The minimum atomic E-state index is -0.0697. The van der Waals surface area contributed by atoms with Crippen LogP contribution in [0.4, 0.5) is 0 Å². The fourth-order valence-corrected chi connectivity index (χ4v) is 1.97. The normalized spacial score (nSPS) is 9.68. The van der Waals surface area contributed by atoms with E-state index in [4.69, 9.17) is 9.05 Å². The third-order valence-corrected chi connectivity index (χ3v) is 3.19. The number of hydrogen-bond donors (Lipinski definition) is 0. The Labute approximate surface area is 115 Å². The topological polar surface area (TPSA) is 18.5 Å². The summed E-state index contributed by atoms with van der Waals surface area (Å²) in [6.45, 7) is 7.41. The van der Waals surface area contributed by atoms with Crippen molar-refractivity contribution in [3.63, 3.8) is 0 Å². The predicted octanol–water partition coefficient (Wildman–Crippen LogP) is 4.94. The Kier molecular flexibility index (Phi) is 4.77. The van der Waals surface area contributed by atoms with Crippen molar-refractivity contribution in [2.24, 2.45) is 0 Å². The molecule has 96 valence electrons. The van der Waals surface area contributed by atoms with Gasteiger partial charge in [0.15, 0.2) is 0 Å². The third-order valence-electron chi connectivity index (χ3n) is 2.55. The van der Waals surface area contributed by atoms with Crippen molar-refractivity contribution >= 4 is 21.2 Å². The summed E-state index contributed by atoms with van der Waals surface area (Å²) in [5.41, 5.74) is 2.13. The van der Waals surface area contributed by atoms with Crippen molar-refractivity contribution in [3.05, 3.63) is 72.8 Å². The standard InChI is InChI=1S/C16H15O2P/c1-3-13-5-9-15(10-6-13)17-19-18-16-11-7-14(4-2)8-12-16/h3-12,19H,1-2H2. The van der Waals surface area contributed by atoms with Crippen LogP contribution in [-0.2, 0) is 0 Å². The molecule has 0 bridgehead atoms. The molecule has 0 saturated carbocycles. The van der Waals surface area contributed by atoms with Crippen LogP contribution in [0.2, 0.25) is 0 Å². The molecule has 3 heteroatoms. The zero-order valence-electron chi connectivity index (χ0n) is 10.5. The van der Waals surface area contributed by atoms with Crippen molar-refractivity contribution in [2.75, 3.05) is 0 Å². The van der Waals surface area contributed by atoms with Gasteiger partial charge in [-0.2, -0.15) is 0 Å². The Morgan fingerprint density at radius 2 is 1.05 bits per heavy atom. The lowest BCUT2D eigenvalue weighted by Gasteiger charge is -2.07. The SMILES string of the molecule is C=Cc1ccc(OPOc2ccc(C=C)cc2)cc1. The highest BCUT2D eigenvalue weighted by Crippen LogP contribution is 2.25. The van der Waals surface area contributed by atoms with Gasteiger partial charge in [0.25, 0.3) is 9.03 Å². The highest BCUT2D eigenvalue weighted by Gasteiger charge is 1.96. The van der Waals surface area contributed by atoms with Gasteiger partial charge in [0.1, 0.15) is 11.5 Å². The summed E-state index contributed by atoms with van der Waals surface area (Å²) >= 11 is 0. The van der Waals surface area contributed by atoms with Gasteiger partial charge >= 0.3 is 0 Å². The first-order valence-corrected chi connectivity index (χ1v) is 6.67. The fourth-order valence-electron chi connectivity index (χ4n) is 1.46. The van der Waals surface area contributed by atoms with Crippen LogP contribution in [0.5, 0.6) is 11.5 Å². The molecule has 2 aromatic carbocycles. The van der Waals surface area contributed by atoms with E-state index in [0.717, 1.165) is 22.6 Å². The molecular formula is C16H15O2P. The van der Waals surface area contributed by atoms with Crippen molar-refractivity contribution in [1.29, 1.82) is 0 Å². The summed E-state index contributed by atoms with van der Waals surface area (Å²) in [6.07, 6.45) is 3.59. The Morgan fingerprint density at radius 3 is 1.37 bits per heavy atom. The molecule has 0 radical (unpaired) electrons. The second-order valence-electron chi connectivity index (χ2n) is 3.83. The van der Waals surface area contributed by atoms with Crippen LogP contribution in [-0.4, -0.2) is 0 Å². The van der Waals surface area contributed by atoms with Crippen molar-refractivity contribution in [1.82, 2.24) is 0 Å². The summed E-state index contributed by atoms with van der Waals surface area (Å²) < 4.78 is 11.0. The monoisotopic (exact) mass is 270 g/mol. The van der Waals surface area contributed by atoms with Crippen LogP contribution in [0.3, 0.4) is 0 Å². The highest BCUT2D eigenvalue weighted by molar-refractivity contribution is 7.27. The lowest BCUT2D eigenvalue weighted by Crippen LogP contribution is -1.85. The summed E-state index contributed by atoms with van der Waals surface area (Å²) in [7, 11) is -0.0697.